The lowest BCUT2D eigenvalue weighted by Crippen LogP contribution is -2.41. The second kappa shape index (κ2) is 6.06. The predicted molar refractivity (Wildman–Crippen MR) is 71.5 cm³/mol. The molecule has 1 saturated heterocycles. The number of nitrogens with one attached hydrogen (secondary N) is 1. The van der Waals surface area contributed by atoms with Crippen LogP contribution < -0.4 is 0 Å². The fourth-order valence-electron chi connectivity index (χ4n) is 2.37. The number of rotatable bonds is 3. The zero-order chi connectivity index (χ0) is 13.8. The van der Waals surface area contributed by atoms with Gasteiger partial charge in [-0.1, -0.05) is 12.8 Å². The van der Waals surface area contributed by atoms with Crippen molar-refractivity contribution >= 4 is 23.3 Å². The summed E-state index contributed by atoms with van der Waals surface area (Å²) in [6, 6.07) is 2.77. The van der Waals surface area contributed by atoms with Gasteiger partial charge in [-0.15, -0.1) is 11.6 Å². The SMILES string of the molecule is O=C(c1ccc([N+](=O)[O-])[nH]1)N1CCCCCC1CCl. The van der Waals surface area contributed by atoms with Crippen LogP contribution in [0.25, 0.3) is 0 Å². The summed E-state index contributed by atoms with van der Waals surface area (Å²) in [5.41, 5.74) is 0.253. The van der Waals surface area contributed by atoms with E-state index in [9.17, 15) is 14.9 Å². The van der Waals surface area contributed by atoms with E-state index < -0.39 is 4.92 Å². The normalized spacial score (nSPS) is 20.1. The topological polar surface area (TPSA) is 79.2 Å². The summed E-state index contributed by atoms with van der Waals surface area (Å²) < 4.78 is 0. The summed E-state index contributed by atoms with van der Waals surface area (Å²) in [5.74, 6) is 0.0235. The number of nitro groups is 1. The summed E-state index contributed by atoms with van der Waals surface area (Å²) in [6.07, 6.45) is 3.98. The molecule has 1 amide bonds. The molecule has 1 aromatic heterocycles. The zero-order valence-corrected chi connectivity index (χ0v) is 11.2. The number of H-pyrrole nitrogens is 1. The van der Waals surface area contributed by atoms with Crippen LogP contribution in [0.2, 0.25) is 0 Å². The van der Waals surface area contributed by atoms with Gasteiger partial charge in [-0.25, -0.2) is 4.98 Å². The van der Waals surface area contributed by atoms with Crippen LogP contribution in [0.3, 0.4) is 0 Å². The molecule has 1 atom stereocenters. The number of aromatic nitrogens is 1. The number of nitrogens with zero attached hydrogens (tertiary/aromatic N) is 2. The van der Waals surface area contributed by atoms with Gasteiger partial charge in [0.25, 0.3) is 5.91 Å². The molecule has 1 aliphatic rings. The van der Waals surface area contributed by atoms with Crippen LogP contribution in [0, 0.1) is 10.1 Å². The maximum absolute atomic E-state index is 12.4. The van der Waals surface area contributed by atoms with Gasteiger partial charge < -0.3 is 15.0 Å². The van der Waals surface area contributed by atoms with E-state index in [1.807, 2.05) is 0 Å². The number of carbonyl (C=O) groups excluding carboxylic acids is 1. The number of hydrogen-bond donors (Lipinski definition) is 1. The van der Waals surface area contributed by atoms with Crippen molar-refractivity contribution in [2.24, 2.45) is 0 Å². The Morgan fingerprint density at radius 2 is 2.26 bits per heavy atom. The van der Waals surface area contributed by atoms with Crippen molar-refractivity contribution in [3.8, 4) is 0 Å². The fourth-order valence-corrected chi connectivity index (χ4v) is 2.70. The van der Waals surface area contributed by atoms with Crippen molar-refractivity contribution in [2.45, 2.75) is 31.7 Å². The third-order valence-corrected chi connectivity index (χ3v) is 3.77. The van der Waals surface area contributed by atoms with Gasteiger partial charge in [0.05, 0.1) is 0 Å². The Morgan fingerprint density at radius 3 is 2.89 bits per heavy atom. The summed E-state index contributed by atoms with van der Waals surface area (Å²) >= 11 is 5.92. The van der Waals surface area contributed by atoms with Crippen molar-refractivity contribution in [1.82, 2.24) is 9.88 Å². The monoisotopic (exact) mass is 285 g/mol. The smallest absolute Gasteiger partial charge is 0.321 e. The van der Waals surface area contributed by atoms with Gasteiger partial charge in [0.1, 0.15) is 0 Å². The van der Waals surface area contributed by atoms with Gasteiger partial charge in [-0.3, -0.25) is 4.79 Å². The van der Waals surface area contributed by atoms with Crippen LogP contribution in [0.4, 0.5) is 5.82 Å². The standard InChI is InChI=1S/C12H16ClN3O3/c13-8-9-4-2-1-3-7-15(9)12(17)10-5-6-11(14-10)16(18)19/h5-6,9,14H,1-4,7-8H2. The van der Waals surface area contributed by atoms with Gasteiger partial charge in [0.2, 0.25) is 0 Å². The first-order chi connectivity index (χ1) is 9.13. The maximum atomic E-state index is 12.4. The van der Waals surface area contributed by atoms with E-state index in [0.717, 1.165) is 25.7 Å². The first kappa shape index (κ1) is 13.9. The highest BCUT2D eigenvalue weighted by Crippen LogP contribution is 2.21. The van der Waals surface area contributed by atoms with Crippen LogP contribution in [-0.2, 0) is 0 Å². The lowest BCUT2D eigenvalue weighted by atomic mass is 10.1. The zero-order valence-electron chi connectivity index (χ0n) is 10.5. The van der Waals surface area contributed by atoms with E-state index in [1.54, 1.807) is 4.90 Å². The Morgan fingerprint density at radius 1 is 1.47 bits per heavy atom. The van der Waals surface area contributed by atoms with E-state index in [0.29, 0.717) is 12.4 Å². The molecule has 2 heterocycles. The van der Waals surface area contributed by atoms with Crippen LogP contribution >= 0.6 is 11.6 Å². The lowest BCUT2D eigenvalue weighted by Gasteiger charge is -2.27. The van der Waals surface area contributed by atoms with Gasteiger partial charge >= 0.3 is 5.82 Å². The van der Waals surface area contributed by atoms with Crippen LogP contribution in [0.15, 0.2) is 12.1 Å². The first-order valence-electron chi connectivity index (χ1n) is 6.34. The minimum Gasteiger partial charge on any atom is -0.358 e. The van der Waals surface area contributed by atoms with Crippen molar-refractivity contribution in [3.63, 3.8) is 0 Å². The average Bonchev–Trinajstić information content (AvgIpc) is 2.77. The van der Waals surface area contributed by atoms with Gasteiger partial charge in [0.15, 0.2) is 5.69 Å². The number of hydrogen-bond acceptors (Lipinski definition) is 3. The second-order valence-corrected chi connectivity index (χ2v) is 4.98. The number of amides is 1. The summed E-state index contributed by atoms with van der Waals surface area (Å²) in [4.78, 5) is 26.7. The Kier molecular flexibility index (Phi) is 4.42. The number of likely N-dealkylation sites (tertiary alicyclic amines) is 1. The number of halogens is 1. The molecule has 1 N–H and O–H groups in total. The largest absolute Gasteiger partial charge is 0.358 e. The molecule has 1 aliphatic heterocycles. The molecule has 0 saturated carbocycles. The molecule has 0 aromatic carbocycles. The number of carbonyl (C=O) groups is 1. The fraction of sp³-hybridized carbons (Fsp3) is 0.583. The quantitative estimate of drug-likeness (QED) is 0.526. The van der Waals surface area contributed by atoms with E-state index in [2.05, 4.69) is 4.98 Å². The molecule has 2 rings (SSSR count). The van der Waals surface area contributed by atoms with Crippen molar-refractivity contribution in [1.29, 1.82) is 0 Å². The van der Waals surface area contributed by atoms with Crippen molar-refractivity contribution in [3.05, 3.63) is 27.9 Å². The highest BCUT2D eigenvalue weighted by molar-refractivity contribution is 6.18. The van der Waals surface area contributed by atoms with Gasteiger partial charge in [-0.2, -0.15) is 0 Å². The van der Waals surface area contributed by atoms with E-state index in [-0.39, 0.29) is 23.5 Å². The van der Waals surface area contributed by atoms with Crippen molar-refractivity contribution < 1.29 is 9.72 Å². The van der Waals surface area contributed by atoms with Gasteiger partial charge in [-0.05, 0) is 23.8 Å². The van der Waals surface area contributed by atoms with Crippen molar-refractivity contribution in [2.75, 3.05) is 12.4 Å². The molecule has 7 heteroatoms. The molecule has 104 valence electrons. The molecule has 1 fully saturated rings. The molecule has 0 spiro atoms. The summed E-state index contributed by atoms with van der Waals surface area (Å²) in [6.45, 7) is 0.656. The molecule has 1 unspecified atom stereocenters. The van der Waals surface area contributed by atoms with Crippen LogP contribution in [0.1, 0.15) is 36.2 Å². The van der Waals surface area contributed by atoms with Crippen LogP contribution in [-0.4, -0.2) is 39.2 Å². The molecule has 0 aliphatic carbocycles. The first-order valence-corrected chi connectivity index (χ1v) is 6.87. The van der Waals surface area contributed by atoms with E-state index >= 15 is 0 Å². The average molecular weight is 286 g/mol. The number of aromatic amines is 1. The minimum atomic E-state index is -0.543. The molecule has 1 aromatic rings. The molecule has 19 heavy (non-hydrogen) atoms. The highest BCUT2D eigenvalue weighted by atomic mass is 35.5. The lowest BCUT2D eigenvalue weighted by molar-refractivity contribution is -0.389. The Hall–Kier alpha value is -1.56. The van der Waals surface area contributed by atoms with E-state index in [4.69, 9.17) is 11.6 Å². The van der Waals surface area contributed by atoms with Gasteiger partial charge in [0, 0.05) is 24.5 Å². The summed E-state index contributed by atoms with van der Waals surface area (Å²) in [7, 11) is 0. The Labute approximate surface area is 115 Å². The summed E-state index contributed by atoms with van der Waals surface area (Å²) in [5, 5.41) is 10.6. The van der Waals surface area contributed by atoms with E-state index in [1.165, 1.54) is 12.1 Å². The Balaban J connectivity index is 2.17. The third-order valence-electron chi connectivity index (χ3n) is 3.41. The second-order valence-electron chi connectivity index (χ2n) is 4.67. The molecule has 0 bridgehead atoms. The minimum absolute atomic E-state index is 0.0130. The highest BCUT2D eigenvalue weighted by Gasteiger charge is 2.28. The predicted octanol–water partition coefficient (Wildman–Crippen LogP) is 2.55. The third kappa shape index (κ3) is 3.07. The van der Waals surface area contributed by atoms with Crippen LogP contribution in [0.5, 0.6) is 0 Å². The molecular formula is C12H16ClN3O3. The Bertz CT molecular complexity index is 475. The maximum Gasteiger partial charge on any atom is 0.321 e. The molecular weight excluding hydrogens is 270 g/mol. The number of alkyl halides is 1. The molecule has 0 radical (unpaired) electrons. The molecule has 6 nitrogen and oxygen atoms in total.